The quantitative estimate of drug-likeness (QED) is 0.526. The Bertz CT molecular complexity index is 1120. The maximum Gasteiger partial charge on any atom is 0.276 e. The molecule has 2 aromatic carbocycles. The predicted molar refractivity (Wildman–Crippen MR) is 105 cm³/mol. The van der Waals surface area contributed by atoms with E-state index in [0.29, 0.717) is 27.8 Å². The summed E-state index contributed by atoms with van der Waals surface area (Å²) in [6, 6.07) is 12.1. The number of thiazole rings is 2. The minimum absolute atomic E-state index is 0.274. The first-order chi connectivity index (χ1) is 13.1. The Hall–Kier alpha value is -2.84. The molecular formula is C19H14FN3O2S2. The summed E-state index contributed by atoms with van der Waals surface area (Å²) in [6.45, 7) is 0. The number of nitrogens with one attached hydrogen (secondary N) is 1. The van der Waals surface area contributed by atoms with Crippen LogP contribution >= 0.6 is 22.7 Å². The van der Waals surface area contributed by atoms with E-state index in [1.807, 2.05) is 18.2 Å². The van der Waals surface area contributed by atoms with Crippen LogP contribution in [0.25, 0.3) is 10.2 Å². The Morgan fingerprint density at radius 3 is 2.89 bits per heavy atom. The van der Waals surface area contributed by atoms with Crippen molar-refractivity contribution >= 4 is 43.9 Å². The summed E-state index contributed by atoms with van der Waals surface area (Å²) >= 11 is 2.69. The molecule has 1 amide bonds. The molecule has 0 saturated heterocycles. The number of halogens is 1. The van der Waals surface area contributed by atoms with Gasteiger partial charge in [-0.2, -0.15) is 0 Å². The molecule has 0 saturated carbocycles. The maximum atomic E-state index is 13.8. The minimum atomic E-state index is -0.336. The molecule has 2 aromatic heterocycles. The van der Waals surface area contributed by atoms with Gasteiger partial charge in [-0.1, -0.05) is 29.5 Å². The van der Waals surface area contributed by atoms with Crippen molar-refractivity contribution < 1.29 is 13.9 Å². The van der Waals surface area contributed by atoms with Crippen molar-refractivity contribution in [2.75, 3.05) is 12.4 Å². The second-order valence-electron chi connectivity index (χ2n) is 5.70. The SMILES string of the molecule is COc1ccc2nc(NC(=O)c3csc(Cc4ccccc4F)n3)sc2c1. The highest BCUT2D eigenvalue weighted by atomic mass is 32.1. The van der Waals surface area contributed by atoms with Crippen molar-refractivity contribution in [2.24, 2.45) is 0 Å². The van der Waals surface area contributed by atoms with Gasteiger partial charge in [0, 0.05) is 11.8 Å². The summed E-state index contributed by atoms with van der Waals surface area (Å²) in [7, 11) is 1.60. The number of ether oxygens (including phenoxy) is 1. The first kappa shape index (κ1) is 17.6. The Morgan fingerprint density at radius 1 is 1.22 bits per heavy atom. The van der Waals surface area contributed by atoms with Gasteiger partial charge in [-0.25, -0.2) is 14.4 Å². The molecule has 27 heavy (non-hydrogen) atoms. The van der Waals surface area contributed by atoms with Crippen molar-refractivity contribution in [1.29, 1.82) is 0 Å². The Morgan fingerprint density at radius 2 is 2.07 bits per heavy atom. The summed E-state index contributed by atoms with van der Waals surface area (Å²) in [5.74, 6) is 0.127. The number of amides is 1. The average molecular weight is 399 g/mol. The highest BCUT2D eigenvalue weighted by Crippen LogP contribution is 2.29. The van der Waals surface area contributed by atoms with Gasteiger partial charge >= 0.3 is 0 Å². The van der Waals surface area contributed by atoms with Crippen molar-refractivity contribution in [3.63, 3.8) is 0 Å². The van der Waals surface area contributed by atoms with Crippen LogP contribution in [-0.4, -0.2) is 23.0 Å². The van der Waals surface area contributed by atoms with Crippen LogP contribution in [0.1, 0.15) is 21.1 Å². The van der Waals surface area contributed by atoms with Gasteiger partial charge in [-0.15, -0.1) is 11.3 Å². The summed E-state index contributed by atoms with van der Waals surface area (Å²) in [4.78, 5) is 21.2. The van der Waals surface area contributed by atoms with Gasteiger partial charge < -0.3 is 4.74 Å². The molecule has 0 aliphatic heterocycles. The van der Waals surface area contributed by atoms with Gasteiger partial charge in [0.05, 0.1) is 22.3 Å². The molecule has 4 aromatic rings. The van der Waals surface area contributed by atoms with Gasteiger partial charge in [0.25, 0.3) is 5.91 Å². The molecule has 4 rings (SSSR count). The predicted octanol–water partition coefficient (Wildman–Crippen LogP) is 4.74. The number of nitrogens with zero attached hydrogens (tertiary/aromatic N) is 2. The second-order valence-corrected chi connectivity index (χ2v) is 7.67. The fraction of sp³-hybridized carbons (Fsp3) is 0.105. The second kappa shape index (κ2) is 7.42. The van der Waals surface area contributed by atoms with Gasteiger partial charge in [0.15, 0.2) is 5.13 Å². The lowest BCUT2D eigenvalue weighted by Crippen LogP contribution is -2.12. The lowest BCUT2D eigenvalue weighted by Gasteiger charge is -1.99. The number of anilines is 1. The molecule has 0 aliphatic carbocycles. The zero-order valence-electron chi connectivity index (χ0n) is 14.2. The molecule has 0 atom stereocenters. The fourth-order valence-corrected chi connectivity index (χ4v) is 4.23. The zero-order chi connectivity index (χ0) is 18.8. The van der Waals surface area contributed by atoms with E-state index in [2.05, 4.69) is 15.3 Å². The fourth-order valence-electron chi connectivity index (χ4n) is 2.55. The highest BCUT2D eigenvalue weighted by molar-refractivity contribution is 7.22. The van der Waals surface area contributed by atoms with E-state index < -0.39 is 0 Å². The minimum Gasteiger partial charge on any atom is -0.497 e. The molecule has 136 valence electrons. The van der Waals surface area contributed by atoms with Crippen LogP contribution in [0.2, 0.25) is 0 Å². The van der Waals surface area contributed by atoms with Gasteiger partial charge in [0.2, 0.25) is 0 Å². The topological polar surface area (TPSA) is 64.1 Å². The van der Waals surface area contributed by atoms with E-state index in [1.54, 1.807) is 30.7 Å². The Kier molecular flexibility index (Phi) is 4.83. The van der Waals surface area contributed by atoms with Crippen molar-refractivity contribution in [3.8, 4) is 5.75 Å². The number of fused-ring (bicyclic) bond motifs is 1. The van der Waals surface area contributed by atoms with Crippen molar-refractivity contribution in [3.05, 3.63) is 69.9 Å². The monoisotopic (exact) mass is 399 g/mol. The molecule has 0 unspecified atom stereocenters. The Labute approximate surface area is 162 Å². The van der Waals surface area contributed by atoms with E-state index in [1.165, 1.54) is 28.7 Å². The average Bonchev–Trinajstić information content (AvgIpc) is 3.29. The normalized spacial score (nSPS) is 10.9. The van der Waals surface area contributed by atoms with Crippen molar-refractivity contribution in [1.82, 2.24) is 9.97 Å². The highest BCUT2D eigenvalue weighted by Gasteiger charge is 2.15. The van der Waals surface area contributed by atoms with Crippen LogP contribution in [-0.2, 0) is 6.42 Å². The first-order valence-corrected chi connectivity index (χ1v) is 9.76. The molecule has 5 nitrogen and oxygen atoms in total. The number of hydrogen-bond acceptors (Lipinski definition) is 6. The van der Waals surface area contributed by atoms with Gasteiger partial charge in [-0.05, 0) is 29.8 Å². The summed E-state index contributed by atoms with van der Waals surface area (Å²) in [5.41, 5.74) is 1.64. The lowest BCUT2D eigenvalue weighted by atomic mass is 10.1. The standard InChI is InChI=1S/C19H14FN3O2S2/c1-25-12-6-7-14-16(9-12)27-19(22-14)23-18(24)15-10-26-17(21-15)8-11-4-2-3-5-13(11)20/h2-7,9-10H,8H2,1H3,(H,22,23,24). The molecule has 2 heterocycles. The van der Waals surface area contributed by atoms with Crippen LogP contribution in [0.5, 0.6) is 5.75 Å². The molecule has 0 bridgehead atoms. The number of carbonyl (C=O) groups excluding carboxylic acids is 1. The van der Waals surface area contributed by atoms with Crippen LogP contribution in [0.15, 0.2) is 47.8 Å². The molecule has 0 spiro atoms. The van der Waals surface area contributed by atoms with Crippen molar-refractivity contribution in [2.45, 2.75) is 6.42 Å². The largest absolute Gasteiger partial charge is 0.497 e. The van der Waals surface area contributed by atoms with E-state index >= 15 is 0 Å². The first-order valence-electron chi connectivity index (χ1n) is 8.06. The zero-order valence-corrected chi connectivity index (χ0v) is 15.9. The molecular weight excluding hydrogens is 385 g/mol. The van der Waals surface area contributed by atoms with E-state index in [9.17, 15) is 9.18 Å². The number of benzene rings is 2. The van der Waals surface area contributed by atoms with Gasteiger partial charge in [-0.3, -0.25) is 10.1 Å². The van der Waals surface area contributed by atoms with Gasteiger partial charge in [0.1, 0.15) is 17.3 Å². The molecule has 1 N–H and O–H groups in total. The lowest BCUT2D eigenvalue weighted by molar-refractivity contribution is 0.102. The van der Waals surface area contributed by atoms with Crippen LogP contribution in [0, 0.1) is 5.82 Å². The third-order valence-corrected chi connectivity index (χ3v) is 5.68. The third kappa shape index (κ3) is 3.81. The molecule has 0 aliphatic rings. The molecule has 8 heteroatoms. The maximum absolute atomic E-state index is 13.8. The van der Waals surface area contributed by atoms with Crippen LogP contribution < -0.4 is 10.1 Å². The third-order valence-electron chi connectivity index (χ3n) is 3.90. The number of carbonyl (C=O) groups is 1. The van der Waals surface area contributed by atoms with E-state index in [0.717, 1.165) is 16.0 Å². The van der Waals surface area contributed by atoms with E-state index in [-0.39, 0.29) is 11.7 Å². The summed E-state index contributed by atoms with van der Waals surface area (Å²) in [6.07, 6.45) is 0.353. The smallest absolute Gasteiger partial charge is 0.276 e. The molecule has 0 radical (unpaired) electrons. The number of rotatable bonds is 5. The summed E-state index contributed by atoms with van der Waals surface area (Å²) < 4.78 is 19.9. The number of aromatic nitrogens is 2. The van der Waals surface area contributed by atoms with Crippen LogP contribution in [0.4, 0.5) is 9.52 Å². The van der Waals surface area contributed by atoms with Crippen LogP contribution in [0.3, 0.4) is 0 Å². The van der Waals surface area contributed by atoms with E-state index in [4.69, 9.17) is 4.74 Å². The molecule has 0 fully saturated rings. The number of hydrogen-bond donors (Lipinski definition) is 1. The summed E-state index contributed by atoms with van der Waals surface area (Å²) in [5, 5.41) is 5.61. The Balaban J connectivity index is 1.49. The number of methoxy groups -OCH3 is 1.